The van der Waals surface area contributed by atoms with E-state index in [9.17, 15) is 10.1 Å². The molecule has 22 heavy (non-hydrogen) atoms. The minimum atomic E-state index is -0.245. The van der Waals surface area contributed by atoms with Crippen LogP contribution in [0, 0.1) is 18.3 Å². The minimum absolute atomic E-state index is 0.245. The first-order chi connectivity index (χ1) is 10.7. The molecule has 4 nitrogen and oxygen atoms in total. The van der Waals surface area contributed by atoms with Gasteiger partial charge in [0.05, 0.1) is 16.5 Å². The van der Waals surface area contributed by atoms with Gasteiger partial charge in [0.1, 0.15) is 6.07 Å². The number of hydrogen-bond donors (Lipinski definition) is 1. The molecule has 0 atom stereocenters. The number of allylic oxidation sites excluding steroid dienone is 1. The minimum Gasteiger partial charge on any atom is -0.305 e. The van der Waals surface area contributed by atoms with Crippen LogP contribution in [0.2, 0.25) is 0 Å². The summed E-state index contributed by atoms with van der Waals surface area (Å²) in [5.74, 6) is 0.284. The Kier molecular flexibility index (Phi) is 3.55. The Bertz CT molecular complexity index is 960. The Morgan fingerprint density at radius 1 is 1.18 bits per heavy atom. The fraction of sp³-hybridized carbons (Fsp3) is 0.0556. The van der Waals surface area contributed by atoms with E-state index in [1.165, 1.54) is 0 Å². The molecule has 0 aliphatic heterocycles. The maximum absolute atomic E-state index is 12.1. The number of aromatic amines is 1. The molecular weight excluding hydrogens is 274 g/mol. The van der Waals surface area contributed by atoms with Gasteiger partial charge in [0, 0.05) is 0 Å². The van der Waals surface area contributed by atoms with Gasteiger partial charge >= 0.3 is 0 Å². The molecule has 0 spiro atoms. The molecule has 0 fully saturated rings. The molecular formula is C18H13N3O. The quantitative estimate of drug-likeness (QED) is 0.735. The molecule has 0 saturated carbocycles. The smallest absolute Gasteiger partial charge is 0.259 e. The van der Waals surface area contributed by atoms with Crippen LogP contribution in [0.15, 0.2) is 53.3 Å². The van der Waals surface area contributed by atoms with E-state index in [-0.39, 0.29) is 11.4 Å². The van der Waals surface area contributed by atoms with Crippen molar-refractivity contribution in [3.63, 3.8) is 0 Å². The van der Waals surface area contributed by atoms with E-state index in [0.29, 0.717) is 16.5 Å². The first-order valence-electron chi connectivity index (χ1n) is 6.85. The second-order valence-electron chi connectivity index (χ2n) is 5.01. The maximum atomic E-state index is 12.1. The molecule has 1 heterocycles. The highest BCUT2D eigenvalue weighted by molar-refractivity contribution is 5.89. The summed E-state index contributed by atoms with van der Waals surface area (Å²) in [5.41, 5.74) is 2.69. The lowest BCUT2D eigenvalue weighted by atomic mass is 10.1. The number of nitrogens with zero attached hydrogens (tertiary/aromatic N) is 2. The summed E-state index contributed by atoms with van der Waals surface area (Å²) in [5, 5.41) is 9.89. The molecule has 0 amide bonds. The second-order valence-corrected chi connectivity index (χ2v) is 5.01. The van der Waals surface area contributed by atoms with Gasteiger partial charge in [-0.05, 0) is 30.7 Å². The number of benzene rings is 2. The molecule has 0 aliphatic rings. The number of para-hydroxylation sites is 1. The van der Waals surface area contributed by atoms with Gasteiger partial charge < -0.3 is 4.98 Å². The number of nitriles is 1. The van der Waals surface area contributed by atoms with Crippen LogP contribution in [-0.4, -0.2) is 9.97 Å². The molecule has 4 heteroatoms. The summed E-state index contributed by atoms with van der Waals surface area (Å²) in [4.78, 5) is 19.1. The number of nitrogens with one attached hydrogen (secondary N) is 1. The third-order valence-electron chi connectivity index (χ3n) is 3.38. The van der Waals surface area contributed by atoms with E-state index in [0.717, 1.165) is 11.1 Å². The lowest BCUT2D eigenvalue weighted by Gasteiger charge is -2.02. The van der Waals surface area contributed by atoms with Gasteiger partial charge in [-0.3, -0.25) is 4.79 Å². The Labute approximate surface area is 127 Å². The van der Waals surface area contributed by atoms with Crippen molar-refractivity contribution in [1.29, 1.82) is 5.26 Å². The Balaban J connectivity index is 2.13. The third kappa shape index (κ3) is 2.65. The third-order valence-corrected chi connectivity index (χ3v) is 3.38. The number of fused-ring (bicyclic) bond motifs is 1. The molecule has 1 aromatic heterocycles. The van der Waals surface area contributed by atoms with E-state index in [2.05, 4.69) is 16.0 Å². The van der Waals surface area contributed by atoms with Crippen LogP contribution in [0.5, 0.6) is 0 Å². The molecule has 2 aromatic carbocycles. The topological polar surface area (TPSA) is 69.5 Å². The Hall–Kier alpha value is -3.19. The van der Waals surface area contributed by atoms with E-state index in [1.807, 2.05) is 37.3 Å². The average Bonchev–Trinajstić information content (AvgIpc) is 2.54. The van der Waals surface area contributed by atoms with Crippen LogP contribution < -0.4 is 5.56 Å². The zero-order chi connectivity index (χ0) is 15.5. The first-order valence-corrected chi connectivity index (χ1v) is 6.85. The van der Waals surface area contributed by atoms with Crippen molar-refractivity contribution in [3.05, 3.63) is 75.8 Å². The monoisotopic (exact) mass is 287 g/mol. The lowest BCUT2D eigenvalue weighted by Crippen LogP contribution is -2.11. The maximum Gasteiger partial charge on any atom is 0.259 e. The fourth-order valence-electron chi connectivity index (χ4n) is 2.20. The van der Waals surface area contributed by atoms with Crippen LogP contribution in [-0.2, 0) is 0 Å². The highest BCUT2D eigenvalue weighted by Crippen LogP contribution is 2.16. The summed E-state index contributed by atoms with van der Waals surface area (Å²) >= 11 is 0. The van der Waals surface area contributed by atoms with Gasteiger partial charge in [-0.2, -0.15) is 5.26 Å². The predicted octanol–water partition coefficient (Wildman–Crippen LogP) is 3.30. The summed E-state index contributed by atoms with van der Waals surface area (Å²) in [6.45, 7) is 2.00. The molecule has 3 aromatic rings. The standard InChI is InChI=1S/C18H13N3O/c1-12-6-8-13(9-7-12)10-14(11-19)17-20-16-5-3-2-4-15(16)18(22)21-17/h2-10H,1H3,(H,20,21,22). The van der Waals surface area contributed by atoms with Gasteiger partial charge in [0.2, 0.25) is 0 Å². The number of rotatable bonds is 2. The average molecular weight is 287 g/mol. The highest BCUT2D eigenvalue weighted by Gasteiger charge is 2.07. The van der Waals surface area contributed by atoms with Gasteiger partial charge in [0.25, 0.3) is 5.56 Å². The number of aryl methyl sites for hydroxylation is 1. The van der Waals surface area contributed by atoms with Crippen molar-refractivity contribution in [2.45, 2.75) is 6.92 Å². The van der Waals surface area contributed by atoms with Gasteiger partial charge in [-0.15, -0.1) is 0 Å². The first kappa shape index (κ1) is 13.8. The molecule has 3 rings (SSSR count). The number of aromatic nitrogens is 2. The molecule has 0 saturated heterocycles. The van der Waals surface area contributed by atoms with Gasteiger partial charge in [-0.1, -0.05) is 42.0 Å². The molecule has 106 valence electrons. The van der Waals surface area contributed by atoms with Crippen molar-refractivity contribution in [2.75, 3.05) is 0 Å². The summed E-state index contributed by atoms with van der Waals surface area (Å²) in [7, 11) is 0. The zero-order valence-corrected chi connectivity index (χ0v) is 12.0. The highest BCUT2D eigenvalue weighted by atomic mass is 16.1. The second kappa shape index (κ2) is 5.66. The molecule has 0 bridgehead atoms. The van der Waals surface area contributed by atoms with Crippen molar-refractivity contribution in [3.8, 4) is 6.07 Å². The fourth-order valence-corrected chi connectivity index (χ4v) is 2.20. The van der Waals surface area contributed by atoms with E-state index >= 15 is 0 Å². The van der Waals surface area contributed by atoms with E-state index < -0.39 is 0 Å². The normalized spacial score (nSPS) is 11.4. The Morgan fingerprint density at radius 3 is 2.64 bits per heavy atom. The van der Waals surface area contributed by atoms with Crippen molar-refractivity contribution in [1.82, 2.24) is 9.97 Å². The van der Waals surface area contributed by atoms with E-state index in [1.54, 1.807) is 24.3 Å². The van der Waals surface area contributed by atoms with Gasteiger partial charge in [0.15, 0.2) is 5.82 Å². The number of H-pyrrole nitrogens is 1. The molecule has 1 N–H and O–H groups in total. The lowest BCUT2D eigenvalue weighted by molar-refractivity contribution is 1.13. The molecule has 0 unspecified atom stereocenters. The van der Waals surface area contributed by atoms with Crippen LogP contribution in [0.25, 0.3) is 22.6 Å². The van der Waals surface area contributed by atoms with Crippen LogP contribution in [0.4, 0.5) is 0 Å². The van der Waals surface area contributed by atoms with Crippen molar-refractivity contribution >= 4 is 22.6 Å². The van der Waals surface area contributed by atoms with Gasteiger partial charge in [-0.25, -0.2) is 4.98 Å². The predicted molar refractivity (Wildman–Crippen MR) is 87.0 cm³/mol. The zero-order valence-electron chi connectivity index (χ0n) is 12.0. The van der Waals surface area contributed by atoms with Crippen LogP contribution >= 0.6 is 0 Å². The molecule has 0 aliphatic carbocycles. The number of hydrogen-bond acceptors (Lipinski definition) is 3. The van der Waals surface area contributed by atoms with Crippen LogP contribution in [0.3, 0.4) is 0 Å². The van der Waals surface area contributed by atoms with E-state index in [4.69, 9.17) is 0 Å². The summed E-state index contributed by atoms with van der Waals surface area (Å²) in [6.07, 6.45) is 1.71. The SMILES string of the molecule is Cc1ccc(C=C(C#N)c2nc3ccccc3c(=O)[nH]2)cc1. The van der Waals surface area contributed by atoms with Crippen molar-refractivity contribution < 1.29 is 0 Å². The summed E-state index contributed by atoms with van der Waals surface area (Å²) in [6, 6.07) is 17.0. The van der Waals surface area contributed by atoms with Crippen LogP contribution in [0.1, 0.15) is 17.0 Å². The molecule has 0 radical (unpaired) electrons. The summed E-state index contributed by atoms with van der Waals surface area (Å²) < 4.78 is 0. The van der Waals surface area contributed by atoms with Crippen molar-refractivity contribution in [2.24, 2.45) is 0 Å². The largest absolute Gasteiger partial charge is 0.305 e. The Morgan fingerprint density at radius 2 is 1.91 bits per heavy atom.